The molecule has 2 unspecified atom stereocenters. The monoisotopic (exact) mass is 585 g/mol. The quantitative estimate of drug-likeness (QED) is 0.426. The van der Waals surface area contributed by atoms with Gasteiger partial charge in [-0.1, -0.05) is 13.0 Å². The van der Waals surface area contributed by atoms with Gasteiger partial charge in [0.15, 0.2) is 0 Å². The van der Waals surface area contributed by atoms with Gasteiger partial charge in [-0.15, -0.1) is 0 Å². The van der Waals surface area contributed by atoms with E-state index < -0.39 is 18.0 Å². The molecule has 0 aliphatic heterocycles. The molecule has 100 valence electrons. The molecule has 2 atom stereocenters. The smallest absolute Gasteiger partial charge is 0.0588 e. The van der Waals surface area contributed by atoms with E-state index in [1.807, 2.05) is 45.2 Å². The van der Waals surface area contributed by atoms with Gasteiger partial charge < -0.3 is 20.7 Å². The standard InChI is InChI=1S/C11H11I3NO3/c1-2-4(11(17)18)10(16)7-5(12)3-6(13)9(15)8(7)14/h3-4,10H,2,15H2,1H3,(H,17,18)/q-1/p-1. The minimum Gasteiger partial charge on any atom is -0.848 e. The van der Waals surface area contributed by atoms with Crippen molar-refractivity contribution in [1.82, 2.24) is 0 Å². The molecule has 0 aromatic heterocycles. The Labute approximate surface area is 146 Å². The Kier molecular flexibility index (Phi) is 6.38. The lowest BCUT2D eigenvalue weighted by atomic mass is 9.93. The highest BCUT2D eigenvalue weighted by atomic mass is 127. The minimum atomic E-state index is -1.35. The third kappa shape index (κ3) is 3.39. The van der Waals surface area contributed by atoms with Crippen LogP contribution in [0.5, 0.6) is 0 Å². The number of benzene rings is 1. The van der Waals surface area contributed by atoms with Gasteiger partial charge in [0.05, 0.1) is 5.69 Å². The van der Waals surface area contributed by atoms with Crippen molar-refractivity contribution in [3.05, 3.63) is 22.3 Å². The van der Waals surface area contributed by atoms with Gasteiger partial charge in [0.2, 0.25) is 0 Å². The minimum absolute atomic E-state index is 0.245. The number of nitrogen functional groups attached to an aromatic ring is 1. The third-order valence-electron chi connectivity index (χ3n) is 2.63. The highest BCUT2D eigenvalue weighted by Gasteiger charge is 2.20. The molecule has 0 heterocycles. The second-order valence-corrected chi connectivity index (χ2v) is 7.14. The first-order chi connectivity index (χ1) is 8.31. The van der Waals surface area contributed by atoms with Crippen LogP contribution in [0, 0.1) is 16.6 Å². The van der Waals surface area contributed by atoms with Gasteiger partial charge in [-0.25, -0.2) is 0 Å². The molecule has 0 amide bonds. The van der Waals surface area contributed by atoms with Crippen molar-refractivity contribution in [1.29, 1.82) is 0 Å². The second kappa shape index (κ2) is 6.88. The van der Waals surface area contributed by atoms with Gasteiger partial charge >= 0.3 is 0 Å². The van der Waals surface area contributed by atoms with E-state index in [9.17, 15) is 15.0 Å². The second-order valence-electron chi connectivity index (χ2n) is 3.74. The van der Waals surface area contributed by atoms with E-state index in [0.717, 1.165) is 7.14 Å². The zero-order valence-electron chi connectivity index (χ0n) is 9.38. The molecular weight excluding hydrogens is 575 g/mol. The topological polar surface area (TPSA) is 89.2 Å². The summed E-state index contributed by atoms with van der Waals surface area (Å²) in [6, 6.07) is 1.79. The van der Waals surface area contributed by atoms with Crippen molar-refractivity contribution < 1.29 is 15.0 Å². The molecule has 4 nitrogen and oxygen atoms in total. The van der Waals surface area contributed by atoms with Crippen molar-refractivity contribution in [3.8, 4) is 0 Å². The summed E-state index contributed by atoms with van der Waals surface area (Å²) in [4.78, 5) is 11.0. The SMILES string of the molecule is CCC(C(=O)[O-])C([O-])c1c(I)cc(I)c(N)c1I. The summed E-state index contributed by atoms with van der Waals surface area (Å²) in [5, 5.41) is 23.3. The predicted molar refractivity (Wildman–Crippen MR) is 90.5 cm³/mol. The Bertz CT molecular complexity index is 479. The molecule has 2 N–H and O–H groups in total. The summed E-state index contributed by atoms with van der Waals surface area (Å²) in [6.45, 7) is 1.67. The van der Waals surface area contributed by atoms with Crippen LogP contribution in [0.3, 0.4) is 0 Å². The molecule has 0 aliphatic rings. The number of carbonyl (C=O) groups is 1. The lowest BCUT2D eigenvalue weighted by Crippen LogP contribution is -2.40. The first kappa shape index (κ1) is 16.7. The van der Waals surface area contributed by atoms with Crippen LogP contribution in [0.1, 0.15) is 25.0 Å². The number of carboxylic acids is 1. The highest BCUT2D eigenvalue weighted by Crippen LogP contribution is 2.35. The molecule has 0 saturated carbocycles. The molecule has 0 aliphatic carbocycles. The van der Waals surface area contributed by atoms with E-state index in [1.165, 1.54) is 0 Å². The van der Waals surface area contributed by atoms with Crippen molar-refractivity contribution >= 4 is 79.4 Å². The molecule has 1 aromatic rings. The van der Waals surface area contributed by atoms with Crippen LogP contribution in [0.15, 0.2) is 6.07 Å². The fourth-order valence-electron chi connectivity index (χ4n) is 1.59. The number of hydrogen-bond donors (Lipinski definition) is 1. The van der Waals surface area contributed by atoms with Gasteiger partial charge in [0, 0.05) is 16.7 Å². The first-order valence-electron chi connectivity index (χ1n) is 5.10. The maximum atomic E-state index is 12.3. The van der Waals surface area contributed by atoms with E-state index in [1.54, 1.807) is 13.0 Å². The molecule has 0 fully saturated rings. The first-order valence-corrected chi connectivity index (χ1v) is 8.34. The molecule has 0 saturated heterocycles. The summed E-state index contributed by atoms with van der Waals surface area (Å²) >= 11 is 6.13. The fraction of sp³-hybridized carbons (Fsp3) is 0.364. The van der Waals surface area contributed by atoms with Gasteiger partial charge in [-0.2, -0.15) is 0 Å². The van der Waals surface area contributed by atoms with Crippen LogP contribution in [0.25, 0.3) is 0 Å². The Balaban J connectivity index is 3.33. The largest absolute Gasteiger partial charge is 0.848 e. The van der Waals surface area contributed by atoms with Crippen LogP contribution in [0.2, 0.25) is 0 Å². The molecule has 18 heavy (non-hydrogen) atoms. The highest BCUT2D eigenvalue weighted by molar-refractivity contribution is 14.1. The number of rotatable bonds is 4. The zero-order valence-corrected chi connectivity index (χ0v) is 15.8. The number of carboxylic acid groups (broad SMARTS) is 1. The molecule has 1 rings (SSSR count). The van der Waals surface area contributed by atoms with Crippen LogP contribution in [0.4, 0.5) is 5.69 Å². The predicted octanol–water partition coefficient (Wildman–Crippen LogP) is 1.26. The number of anilines is 1. The van der Waals surface area contributed by atoms with Crippen LogP contribution >= 0.6 is 67.8 Å². The van der Waals surface area contributed by atoms with Crippen molar-refractivity contribution in [2.75, 3.05) is 5.73 Å². The summed E-state index contributed by atoms with van der Waals surface area (Å²) in [6.07, 6.45) is -1.10. The van der Waals surface area contributed by atoms with E-state index in [2.05, 4.69) is 22.6 Å². The van der Waals surface area contributed by atoms with E-state index in [0.29, 0.717) is 14.8 Å². The maximum absolute atomic E-state index is 12.3. The third-order valence-corrected chi connectivity index (χ3v) is 5.58. The summed E-state index contributed by atoms with van der Waals surface area (Å²) < 4.78 is 2.25. The van der Waals surface area contributed by atoms with Gasteiger partial charge in [-0.05, 0) is 91.7 Å². The molecule has 1 aromatic carbocycles. The normalized spacial score (nSPS) is 14.3. The van der Waals surface area contributed by atoms with E-state index >= 15 is 0 Å². The number of hydrogen-bond acceptors (Lipinski definition) is 4. The molecule has 0 spiro atoms. The molecule has 0 bridgehead atoms. The van der Waals surface area contributed by atoms with Crippen LogP contribution < -0.4 is 15.9 Å². The summed E-state index contributed by atoms with van der Waals surface area (Å²) in [7, 11) is 0. The lowest BCUT2D eigenvalue weighted by Gasteiger charge is -2.34. The lowest BCUT2D eigenvalue weighted by molar-refractivity contribution is -0.444. The zero-order chi connectivity index (χ0) is 14.0. The fourth-order valence-corrected chi connectivity index (χ4v) is 5.57. The summed E-state index contributed by atoms with van der Waals surface area (Å²) in [5.74, 6) is -2.34. The van der Waals surface area contributed by atoms with E-state index in [4.69, 9.17) is 5.73 Å². The average molecular weight is 585 g/mol. The van der Waals surface area contributed by atoms with Crippen LogP contribution in [-0.4, -0.2) is 5.97 Å². The average Bonchev–Trinajstić information content (AvgIpc) is 2.26. The Morgan fingerprint density at radius 3 is 2.39 bits per heavy atom. The number of carbonyl (C=O) groups excluding carboxylic acids is 1. The molecular formula is C11H10I3NO3-2. The number of nitrogens with two attached hydrogens (primary N) is 1. The number of halogens is 3. The van der Waals surface area contributed by atoms with Gasteiger partial charge in [0.1, 0.15) is 0 Å². The maximum Gasteiger partial charge on any atom is 0.0588 e. The van der Waals surface area contributed by atoms with E-state index in [-0.39, 0.29) is 6.42 Å². The Morgan fingerprint density at radius 1 is 1.39 bits per heavy atom. The van der Waals surface area contributed by atoms with Crippen molar-refractivity contribution in [2.24, 2.45) is 5.92 Å². The Morgan fingerprint density at radius 2 is 1.94 bits per heavy atom. The molecule has 7 heteroatoms. The number of aliphatic carboxylic acids is 1. The van der Waals surface area contributed by atoms with Gasteiger partial charge in [-0.3, -0.25) is 0 Å². The van der Waals surface area contributed by atoms with Crippen molar-refractivity contribution in [2.45, 2.75) is 19.4 Å². The Hall–Kier alpha value is 0.640. The molecule has 0 radical (unpaired) electrons. The summed E-state index contributed by atoms with van der Waals surface area (Å²) in [5.41, 5.74) is 6.88. The van der Waals surface area contributed by atoms with Crippen LogP contribution in [-0.2, 0) is 4.79 Å². The van der Waals surface area contributed by atoms with Crippen molar-refractivity contribution in [3.63, 3.8) is 0 Å². The van der Waals surface area contributed by atoms with Gasteiger partial charge in [0.25, 0.3) is 0 Å².